The van der Waals surface area contributed by atoms with E-state index in [1.54, 1.807) is 0 Å². The summed E-state index contributed by atoms with van der Waals surface area (Å²) in [5, 5.41) is 4.00. The van der Waals surface area contributed by atoms with Gasteiger partial charge in [-0.1, -0.05) is 48.7 Å². The van der Waals surface area contributed by atoms with E-state index in [2.05, 4.69) is 5.32 Å². The molecule has 3 nitrogen and oxygen atoms in total. The van der Waals surface area contributed by atoms with Crippen molar-refractivity contribution < 1.29 is 4.79 Å². The van der Waals surface area contributed by atoms with Gasteiger partial charge >= 0.3 is 0 Å². The van der Waals surface area contributed by atoms with E-state index in [9.17, 15) is 4.79 Å². The monoisotopic (exact) mass is 364 g/mol. The van der Waals surface area contributed by atoms with Crippen molar-refractivity contribution in [3.05, 3.63) is 64.7 Å². The molecule has 3 rings (SSSR count). The predicted octanol–water partition coefficient (Wildman–Crippen LogP) is 4.47. The fourth-order valence-corrected chi connectivity index (χ4v) is 3.49. The number of amides is 1. The molecule has 0 atom stereocenters. The Bertz CT molecular complexity index is 678. The average Bonchev–Trinajstić information content (AvgIpc) is 2.99. The van der Waals surface area contributed by atoms with Gasteiger partial charge in [0, 0.05) is 10.7 Å². The molecule has 0 heterocycles. The fraction of sp³-hybridized carbons (Fsp3) is 0.316. The third kappa shape index (κ3) is 4.22. The Balaban J connectivity index is 0.00000208. The van der Waals surface area contributed by atoms with E-state index in [1.165, 1.54) is 0 Å². The van der Waals surface area contributed by atoms with Crippen LogP contribution in [0.25, 0.3) is 0 Å². The van der Waals surface area contributed by atoms with Crippen LogP contribution in [0.1, 0.15) is 36.8 Å². The van der Waals surface area contributed by atoms with E-state index in [4.69, 9.17) is 17.3 Å². The fourth-order valence-electron chi connectivity index (χ4n) is 3.37. The molecule has 24 heavy (non-hydrogen) atoms. The van der Waals surface area contributed by atoms with Gasteiger partial charge in [0.2, 0.25) is 5.91 Å². The number of benzene rings is 2. The van der Waals surface area contributed by atoms with Crippen LogP contribution in [0.5, 0.6) is 0 Å². The molecule has 2 aromatic rings. The van der Waals surface area contributed by atoms with Gasteiger partial charge in [0.15, 0.2) is 0 Å². The van der Waals surface area contributed by atoms with Gasteiger partial charge in [-0.2, -0.15) is 0 Å². The van der Waals surface area contributed by atoms with Crippen LogP contribution < -0.4 is 11.1 Å². The molecule has 0 spiro atoms. The Kier molecular flexibility index (Phi) is 6.14. The van der Waals surface area contributed by atoms with Crippen LogP contribution in [-0.2, 0) is 16.8 Å². The lowest BCUT2D eigenvalue weighted by atomic mass is 9.88. The summed E-state index contributed by atoms with van der Waals surface area (Å²) in [6.45, 7) is 0. The SMILES string of the molecule is Cl.Nc1ccc(CC(=O)NC2(c3ccc(Cl)cc3)CCCC2)cc1. The molecule has 1 amide bonds. The first-order chi connectivity index (χ1) is 11.1. The van der Waals surface area contributed by atoms with Crippen LogP contribution in [-0.4, -0.2) is 5.91 Å². The molecule has 5 heteroatoms. The van der Waals surface area contributed by atoms with Gasteiger partial charge in [-0.3, -0.25) is 4.79 Å². The number of nitrogens with two attached hydrogens (primary N) is 1. The molecule has 1 aliphatic rings. The third-order valence-corrected chi connectivity index (χ3v) is 4.83. The first-order valence-corrected chi connectivity index (χ1v) is 8.37. The number of carbonyl (C=O) groups is 1. The maximum absolute atomic E-state index is 12.5. The minimum atomic E-state index is -0.254. The largest absolute Gasteiger partial charge is 0.399 e. The molecule has 1 fully saturated rings. The zero-order valence-corrected chi connectivity index (χ0v) is 15.0. The molecule has 0 bridgehead atoms. The Morgan fingerprint density at radius 2 is 1.62 bits per heavy atom. The average molecular weight is 365 g/mol. The molecular weight excluding hydrogens is 343 g/mol. The Labute approximate surface area is 154 Å². The quantitative estimate of drug-likeness (QED) is 0.786. The van der Waals surface area contributed by atoms with Crippen LogP contribution in [0, 0.1) is 0 Å². The number of hydrogen-bond donors (Lipinski definition) is 2. The maximum atomic E-state index is 12.5. The van der Waals surface area contributed by atoms with E-state index in [1.807, 2.05) is 48.5 Å². The first kappa shape index (κ1) is 18.6. The lowest BCUT2D eigenvalue weighted by molar-refractivity contribution is -0.122. The van der Waals surface area contributed by atoms with Gasteiger partial charge in [-0.05, 0) is 48.2 Å². The summed E-state index contributed by atoms with van der Waals surface area (Å²) in [7, 11) is 0. The number of carbonyl (C=O) groups excluding carboxylic acids is 1. The normalized spacial score (nSPS) is 15.5. The maximum Gasteiger partial charge on any atom is 0.225 e. The lowest BCUT2D eigenvalue weighted by Gasteiger charge is -2.31. The van der Waals surface area contributed by atoms with E-state index in [0.717, 1.165) is 41.8 Å². The third-order valence-electron chi connectivity index (χ3n) is 4.58. The van der Waals surface area contributed by atoms with Crippen molar-refractivity contribution in [3.63, 3.8) is 0 Å². The molecule has 0 aliphatic heterocycles. The standard InChI is InChI=1S/C19H21ClN2O.ClH/c20-16-7-5-15(6-8-16)19(11-1-2-12-19)22-18(23)13-14-3-9-17(21)10-4-14;/h3-10H,1-2,11-13,21H2,(H,22,23);1H. The number of hydrogen-bond acceptors (Lipinski definition) is 2. The van der Waals surface area contributed by atoms with Crippen molar-refractivity contribution in [1.29, 1.82) is 0 Å². The van der Waals surface area contributed by atoms with Gasteiger partial charge in [0.05, 0.1) is 12.0 Å². The summed E-state index contributed by atoms with van der Waals surface area (Å²) >= 11 is 5.99. The van der Waals surface area contributed by atoms with Crippen LogP contribution in [0.3, 0.4) is 0 Å². The highest BCUT2D eigenvalue weighted by Gasteiger charge is 2.36. The molecule has 3 N–H and O–H groups in total. The van der Waals surface area contributed by atoms with E-state index >= 15 is 0 Å². The predicted molar refractivity (Wildman–Crippen MR) is 102 cm³/mol. The number of halogens is 2. The molecule has 1 aliphatic carbocycles. The number of rotatable bonds is 4. The van der Waals surface area contributed by atoms with Crippen LogP contribution in [0.4, 0.5) is 5.69 Å². The van der Waals surface area contributed by atoms with Gasteiger partial charge in [0.1, 0.15) is 0 Å². The van der Waals surface area contributed by atoms with E-state index in [-0.39, 0.29) is 23.9 Å². The second-order valence-corrected chi connectivity index (χ2v) is 6.70. The summed E-state index contributed by atoms with van der Waals surface area (Å²) in [6, 6.07) is 15.3. The molecule has 0 radical (unpaired) electrons. The highest BCUT2D eigenvalue weighted by atomic mass is 35.5. The van der Waals surface area contributed by atoms with Gasteiger partial charge in [-0.15, -0.1) is 12.4 Å². The molecule has 0 unspecified atom stereocenters. The second-order valence-electron chi connectivity index (χ2n) is 6.26. The molecule has 0 aromatic heterocycles. The summed E-state index contributed by atoms with van der Waals surface area (Å²) in [4.78, 5) is 12.5. The first-order valence-electron chi connectivity index (χ1n) is 7.99. The zero-order valence-electron chi connectivity index (χ0n) is 13.4. The molecule has 0 saturated heterocycles. The van der Waals surface area contributed by atoms with Gasteiger partial charge in [-0.25, -0.2) is 0 Å². The topological polar surface area (TPSA) is 55.1 Å². The van der Waals surface area contributed by atoms with Gasteiger partial charge < -0.3 is 11.1 Å². The van der Waals surface area contributed by atoms with Crippen molar-refractivity contribution in [1.82, 2.24) is 5.32 Å². The zero-order chi connectivity index (χ0) is 16.3. The Hall–Kier alpha value is -1.71. The summed E-state index contributed by atoms with van der Waals surface area (Å²) in [6.07, 6.45) is 4.58. The molecule has 2 aromatic carbocycles. The number of nitrogen functional groups attached to an aromatic ring is 1. The number of anilines is 1. The van der Waals surface area contributed by atoms with E-state index < -0.39 is 0 Å². The van der Waals surface area contributed by atoms with Crippen LogP contribution in [0.15, 0.2) is 48.5 Å². The minimum absolute atomic E-state index is 0. The smallest absolute Gasteiger partial charge is 0.225 e. The Morgan fingerprint density at radius 3 is 2.21 bits per heavy atom. The van der Waals surface area contributed by atoms with Crippen molar-refractivity contribution >= 4 is 35.6 Å². The molecule has 128 valence electrons. The Morgan fingerprint density at radius 1 is 1.04 bits per heavy atom. The van der Waals surface area contributed by atoms with Gasteiger partial charge in [0.25, 0.3) is 0 Å². The van der Waals surface area contributed by atoms with Crippen molar-refractivity contribution in [2.24, 2.45) is 0 Å². The summed E-state index contributed by atoms with van der Waals surface area (Å²) in [5.41, 5.74) is 8.26. The van der Waals surface area contributed by atoms with Crippen molar-refractivity contribution in [3.8, 4) is 0 Å². The second kappa shape index (κ2) is 7.91. The minimum Gasteiger partial charge on any atom is -0.399 e. The van der Waals surface area contributed by atoms with Crippen molar-refractivity contribution in [2.75, 3.05) is 5.73 Å². The van der Waals surface area contributed by atoms with Crippen molar-refractivity contribution in [2.45, 2.75) is 37.6 Å². The van der Waals surface area contributed by atoms with E-state index in [0.29, 0.717) is 12.1 Å². The van der Waals surface area contributed by atoms with Crippen LogP contribution in [0.2, 0.25) is 5.02 Å². The molecule has 1 saturated carbocycles. The summed E-state index contributed by atoms with van der Waals surface area (Å²) in [5.74, 6) is 0.0478. The molecular formula is C19H22Cl2N2O. The highest BCUT2D eigenvalue weighted by molar-refractivity contribution is 6.30. The highest BCUT2D eigenvalue weighted by Crippen LogP contribution is 2.39. The van der Waals surface area contributed by atoms with Crippen LogP contribution >= 0.6 is 24.0 Å². The number of nitrogens with one attached hydrogen (secondary N) is 1. The lowest BCUT2D eigenvalue weighted by Crippen LogP contribution is -2.44. The summed E-state index contributed by atoms with van der Waals surface area (Å²) < 4.78 is 0.